The number of carbonyl (C=O) groups is 1. The van der Waals surface area contributed by atoms with Gasteiger partial charge in [-0.05, 0) is 48.8 Å². The van der Waals surface area contributed by atoms with Crippen LogP contribution in [0.1, 0.15) is 43.5 Å². The molecule has 0 spiro atoms. The molecular formula is C24H27N5OS. The molecule has 0 bridgehead atoms. The number of hydrogen-bond donors (Lipinski definition) is 2. The van der Waals surface area contributed by atoms with Crippen LogP contribution in [-0.2, 0) is 11.2 Å². The van der Waals surface area contributed by atoms with Gasteiger partial charge in [-0.25, -0.2) is 4.68 Å². The fourth-order valence-corrected chi connectivity index (χ4v) is 4.32. The molecule has 0 aliphatic carbocycles. The van der Waals surface area contributed by atoms with Crippen molar-refractivity contribution in [2.24, 2.45) is 0 Å². The van der Waals surface area contributed by atoms with Crippen molar-refractivity contribution in [2.75, 3.05) is 16.4 Å². The molecule has 31 heavy (non-hydrogen) atoms. The molecule has 2 heterocycles. The number of aromatic nitrogens is 3. The number of aryl methyl sites for hydroxylation is 2. The van der Waals surface area contributed by atoms with Gasteiger partial charge in [-0.3, -0.25) is 4.79 Å². The molecule has 1 aliphatic rings. The van der Waals surface area contributed by atoms with Crippen LogP contribution in [-0.4, -0.2) is 26.4 Å². The Hall–Kier alpha value is -3.06. The van der Waals surface area contributed by atoms with E-state index in [0.717, 1.165) is 34.7 Å². The zero-order valence-electron chi connectivity index (χ0n) is 18.3. The smallest absolute Gasteiger partial charge is 0.255 e. The van der Waals surface area contributed by atoms with E-state index < -0.39 is 0 Å². The van der Waals surface area contributed by atoms with Gasteiger partial charge in [-0.15, -0.1) is 5.10 Å². The van der Waals surface area contributed by atoms with E-state index in [1.807, 2.05) is 42.8 Å². The summed E-state index contributed by atoms with van der Waals surface area (Å²) >= 11 is 1.59. The number of hydrogen-bond acceptors (Lipinski definition) is 5. The van der Waals surface area contributed by atoms with Crippen molar-refractivity contribution in [3.05, 3.63) is 76.5 Å². The highest BCUT2D eigenvalue weighted by Gasteiger charge is 2.34. The van der Waals surface area contributed by atoms with Crippen LogP contribution < -0.4 is 10.6 Å². The predicted molar refractivity (Wildman–Crippen MR) is 127 cm³/mol. The summed E-state index contributed by atoms with van der Waals surface area (Å²) in [7, 11) is 0. The second-order valence-electron chi connectivity index (χ2n) is 7.53. The first kappa shape index (κ1) is 21.2. The van der Waals surface area contributed by atoms with Gasteiger partial charge in [0.2, 0.25) is 11.1 Å². The molecular weight excluding hydrogens is 406 g/mol. The van der Waals surface area contributed by atoms with Crippen molar-refractivity contribution in [1.82, 2.24) is 14.8 Å². The molecule has 2 N–H and O–H groups in total. The fourth-order valence-electron chi connectivity index (χ4n) is 3.76. The van der Waals surface area contributed by atoms with Gasteiger partial charge >= 0.3 is 0 Å². The highest BCUT2D eigenvalue weighted by atomic mass is 32.2. The van der Waals surface area contributed by atoms with Crippen molar-refractivity contribution in [3.8, 4) is 0 Å². The molecule has 1 aliphatic heterocycles. The summed E-state index contributed by atoms with van der Waals surface area (Å²) in [5.41, 5.74) is 5.50. The van der Waals surface area contributed by atoms with Gasteiger partial charge in [0.15, 0.2) is 0 Å². The molecule has 7 heteroatoms. The normalized spacial score (nSPS) is 15.4. The number of thioether (sulfide) groups is 1. The number of nitrogens with one attached hydrogen (secondary N) is 2. The zero-order valence-corrected chi connectivity index (χ0v) is 19.1. The summed E-state index contributed by atoms with van der Waals surface area (Å²) in [5.74, 6) is 1.40. The van der Waals surface area contributed by atoms with Crippen molar-refractivity contribution >= 4 is 29.3 Å². The van der Waals surface area contributed by atoms with E-state index >= 15 is 0 Å². The standard InChI is InChI=1S/C24H27N5OS/c1-5-17-11-13-18(14-12-17)21-20(22(30)26-19-10-8-7-9-15(19)3)16(4)25-23-27-24(31-6-2)28-29(21)23/h7-14,21H,5-6H2,1-4H3,(H,26,30)(H,25,27,28)/t21-/m0/s1. The topological polar surface area (TPSA) is 71.8 Å². The molecule has 160 valence electrons. The third kappa shape index (κ3) is 4.23. The van der Waals surface area contributed by atoms with Gasteiger partial charge in [0.25, 0.3) is 5.91 Å². The lowest BCUT2D eigenvalue weighted by atomic mass is 9.94. The van der Waals surface area contributed by atoms with Crippen LogP contribution in [0.15, 0.2) is 65.0 Å². The van der Waals surface area contributed by atoms with Crippen LogP contribution in [0, 0.1) is 6.92 Å². The zero-order chi connectivity index (χ0) is 22.0. The van der Waals surface area contributed by atoms with Gasteiger partial charge in [0, 0.05) is 11.4 Å². The van der Waals surface area contributed by atoms with E-state index in [2.05, 4.69) is 53.7 Å². The minimum Gasteiger partial charge on any atom is -0.328 e. The Morgan fingerprint density at radius 3 is 2.55 bits per heavy atom. The maximum Gasteiger partial charge on any atom is 0.255 e. The molecule has 6 nitrogen and oxygen atoms in total. The van der Waals surface area contributed by atoms with Crippen LogP contribution in [0.4, 0.5) is 11.6 Å². The van der Waals surface area contributed by atoms with Crippen molar-refractivity contribution in [2.45, 2.75) is 45.3 Å². The molecule has 3 aromatic rings. The van der Waals surface area contributed by atoms with Crippen LogP contribution in [0.3, 0.4) is 0 Å². The molecule has 0 saturated heterocycles. The highest BCUT2D eigenvalue weighted by Crippen LogP contribution is 2.37. The van der Waals surface area contributed by atoms with E-state index in [-0.39, 0.29) is 11.9 Å². The average molecular weight is 434 g/mol. The monoisotopic (exact) mass is 433 g/mol. The lowest BCUT2D eigenvalue weighted by Gasteiger charge is -2.29. The molecule has 0 unspecified atom stereocenters. The fraction of sp³-hybridized carbons (Fsp3) is 0.292. The number of allylic oxidation sites excluding steroid dienone is 1. The largest absolute Gasteiger partial charge is 0.328 e. The van der Waals surface area contributed by atoms with Gasteiger partial charge in [0.05, 0.1) is 5.57 Å². The molecule has 0 saturated carbocycles. The quantitative estimate of drug-likeness (QED) is 0.524. The predicted octanol–water partition coefficient (Wildman–Crippen LogP) is 5.19. The summed E-state index contributed by atoms with van der Waals surface area (Å²) in [5, 5.41) is 11.8. The van der Waals surface area contributed by atoms with Gasteiger partial charge in [-0.2, -0.15) is 4.98 Å². The Morgan fingerprint density at radius 1 is 1.13 bits per heavy atom. The first-order valence-corrected chi connectivity index (χ1v) is 11.5. The summed E-state index contributed by atoms with van der Waals surface area (Å²) < 4.78 is 1.83. The van der Waals surface area contributed by atoms with Crippen molar-refractivity contribution < 1.29 is 4.79 Å². The number of carbonyl (C=O) groups excluding carboxylic acids is 1. The summed E-state index contributed by atoms with van der Waals surface area (Å²) in [4.78, 5) is 18.1. The summed E-state index contributed by atoms with van der Waals surface area (Å²) in [6.07, 6.45) is 0.966. The summed E-state index contributed by atoms with van der Waals surface area (Å²) in [6, 6.07) is 15.8. The Kier molecular flexibility index (Phi) is 6.13. The second-order valence-corrected chi connectivity index (χ2v) is 8.76. The Morgan fingerprint density at radius 2 is 1.87 bits per heavy atom. The first-order valence-electron chi connectivity index (χ1n) is 10.5. The molecule has 1 amide bonds. The Labute approximate surface area is 187 Å². The van der Waals surface area contributed by atoms with Crippen LogP contribution in [0.2, 0.25) is 0 Å². The number of nitrogens with zero attached hydrogens (tertiary/aromatic N) is 3. The SMILES string of the molecule is CCSc1nc2n(n1)[C@@H](c1ccc(CC)cc1)C(C(=O)Nc1ccccc1C)=C(C)N2. The van der Waals surface area contributed by atoms with Crippen LogP contribution >= 0.6 is 11.8 Å². The van der Waals surface area contributed by atoms with Gasteiger partial charge in [-0.1, -0.05) is 68.1 Å². The Balaban J connectivity index is 1.78. The van der Waals surface area contributed by atoms with E-state index in [0.29, 0.717) is 16.7 Å². The Bertz CT molecular complexity index is 1130. The highest BCUT2D eigenvalue weighted by molar-refractivity contribution is 7.99. The first-order chi connectivity index (χ1) is 15.0. The molecule has 4 rings (SSSR count). The minimum absolute atomic E-state index is 0.144. The molecule has 1 atom stereocenters. The lowest BCUT2D eigenvalue weighted by molar-refractivity contribution is -0.113. The molecule has 0 fully saturated rings. The van der Waals surface area contributed by atoms with Crippen LogP contribution in [0.25, 0.3) is 0 Å². The van der Waals surface area contributed by atoms with Gasteiger partial charge < -0.3 is 10.6 Å². The number of fused-ring (bicyclic) bond motifs is 1. The maximum absolute atomic E-state index is 13.5. The minimum atomic E-state index is -0.357. The van der Waals surface area contributed by atoms with Crippen LogP contribution in [0.5, 0.6) is 0 Å². The second kappa shape index (κ2) is 8.98. The van der Waals surface area contributed by atoms with Crippen molar-refractivity contribution in [3.63, 3.8) is 0 Å². The van der Waals surface area contributed by atoms with E-state index in [9.17, 15) is 4.79 Å². The van der Waals surface area contributed by atoms with E-state index in [1.54, 1.807) is 11.8 Å². The molecule has 0 radical (unpaired) electrons. The number of amides is 1. The lowest BCUT2D eigenvalue weighted by Crippen LogP contribution is -2.31. The van der Waals surface area contributed by atoms with Crippen molar-refractivity contribution in [1.29, 1.82) is 0 Å². The number of para-hydroxylation sites is 1. The number of anilines is 2. The third-order valence-electron chi connectivity index (χ3n) is 5.45. The van der Waals surface area contributed by atoms with Gasteiger partial charge in [0.1, 0.15) is 6.04 Å². The average Bonchev–Trinajstić information content (AvgIpc) is 3.16. The number of benzene rings is 2. The third-order valence-corrected chi connectivity index (χ3v) is 6.17. The van der Waals surface area contributed by atoms with E-state index in [1.165, 1.54) is 5.56 Å². The maximum atomic E-state index is 13.5. The summed E-state index contributed by atoms with van der Waals surface area (Å²) in [6.45, 7) is 8.11. The number of rotatable bonds is 6. The molecule has 2 aromatic carbocycles. The van der Waals surface area contributed by atoms with E-state index in [4.69, 9.17) is 5.10 Å². The molecule has 1 aromatic heterocycles.